The van der Waals surface area contributed by atoms with Crippen LogP contribution in [0.25, 0.3) is 0 Å². The van der Waals surface area contributed by atoms with Gasteiger partial charge in [-0.15, -0.1) is 0 Å². The lowest BCUT2D eigenvalue weighted by Crippen LogP contribution is -2.33. The quantitative estimate of drug-likeness (QED) is 0.841. The molecule has 4 nitrogen and oxygen atoms in total. The number of rotatable bonds is 5. The Morgan fingerprint density at radius 1 is 1.24 bits per heavy atom. The van der Waals surface area contributed by atoms with Gasteiger partial charge in [0.25, 0.3) is 0 Å². The number of alkyl halides is 3. The molecule has 1 saturated heterocycles. The van der Waals surface area contributed by atoms with Crippen LogP contribution in [0.2, 0.25) is 0 Å². The fourth-order valence-electron chi connectivity index (χ4n) is 2.13. The minimum Gasteiger partial charge on any atom is -0.492 e. The van der Waals surface area contributed by atoms with Crippen LogP contribution in [0.15, 0.2) is 24.3 Å². The molecule has 1 atom stereocenters. The topological polar surface area (TPSA) is 55.4 Å². The number of nitrogens with one attached hydrogen (secondary N) is 1. The first-order chi connectivity index (χ1) is 9.76. The highest BCUT2D eigenvalue weighted by molar-refractivity contribution is 7.91. The van der Waals surface area contributed by atoms with E-state index in [9.17, 15) is 21.6 Å². The van der Waals surface area contributed by atoms with E-state index in [-0.39, 0.29) is 24.2 Å². The van der Waals surface area contributed by atoms with Crippen molar-refractivity contribution in [3.8, 4) is 5.75 Å². The molecular formula is C13H16F3NO3S. The summed E-state index contributed by atoms with van der Waals surface area (Å²) in [6.07, 6.45) is -3.77. The minimum absolute atomic E-state index is 0.0637. The molecule has 0 spiro atoms. The second-order valence-corrected chi connectivity index (χ2v) is 7.15. The summed E-state index contributed by atoms with van der Waals surface area (Å²) in [6, 6.07) is 4.40. The zero-order valence-corrected chi connectivity index (χ0v) is 12.0. The van der Waals surface area contributed by atoms with Gasteiger partial charge in [0.1, 0.15) is 12.4 Å². The lowest BCUT2D eigenvalue weighted by Gasteiger charge is -2.12. The molecule has 2 rings (SSSR count). The summed E-state index contributed by atoms with van der Waals surface area (Å²) >= 11 is 0. The van der Waals surface area contributed by atoms with E-state index in [1.807, 2.05) is 0 Å². The molecule has 0 aromatic heterocycles. The summed E-state index contributed by atoms with van der Waals surface area (Å²) in [5.74, 6) is 0.682. The van der Waals surface area contributed by atoms with Crippen LogP contribution in [0.3, 0.4) is 0 Å². The molecule has 0 bridgehead atoms. The van der Waals surface area contributed by atoms with Crippen LogP contribution >= 0.6 is 0 Å². The number of benzene rings is 1. The summed E-state index contributed by atoms with van der Waals surface area (Å²) in [5, 5.41) is 3.06. The van der Waals surface area contributed by atoms with Gasteiger partial charge in [0.2, 0.25) is 0 Å². The molecule has 0 radical (unpaired) electrons. The first-order valence-corrected chi connectivity index (χ1v) is 8.32. The fraction of sp³-hybridized carbons (Fsp3) is 0.538. The first-order valence-electron chi connectivity index (χ1n) is 6.50. The number of halogens is 3. The Labute approximate surface area is 121 Å². The molecule has 1 fully saturated rings. The SMILES string of the molecule is O=S1(=O)CCC(NCCOc2ccc(C(F)(F)F)cc2)C1. The van der Waals surface area contributed by atoms with Crippen LogP contribution in [0.4, 0.5) is 13.2 Å². The summed E-state index contributed by atoms with van der Waals surface area (Å²) in [4.78, 5) is 0. The average Bonchev–Trinajstić information content (AvgIpc) is 2.74. The molecule has 1 aliphatic rings. The van der Waals surface area contributed by atoms with Gasteiger partial charge in [-0.1, -0.05) is 0 Å². The van der Waals surface area contributed by atoms with Crippen molar-refractivity contribution in [2.75, 3.05) is 24.7 Å². The molecular weight excluding hydrogens is 307 g/mol. The van der Waals surface area contributed by atoms with Gasteiger partial charge in [-0.3, -0.25) is 0 Å². The number of sulfone groups is 1. The average molecular weight is 323 g/mol. The van der Waals surface area contributed by atoms with Gasteiger partial charge in [-0.2, -0.15) is 13.2 Å². The third kappa shape index (κ3) is 4.89. The predicted octanol–water partition coefficient (Wildman–Crippen LogP) is 1.86. The predicted molar refractivity (Wildman–Crippen MR) is 72.0 cm³/mol. The Bertz CT molecular complexity index is 569. The van der Waals surface area contributed by atoms with E-state index < -0.39 is 21.6 Å². The maximum atomic E-state index is 12.4. The molecule has 0 saturated carbocycles. The van der Waals surface area contributed by atoms with Crippen molar-refractivity contribution in [3.05, 3.63) is 29.8 Å². The fourth-order valence-corrected chi connectivity index (χ4v) is 3.84. The highest BCUT2D eigenvalue weighted by Crippen LogP contribution is 2.30. The van der Waals surface area contributed by atoms with E-state index in [2.05, 4.69) is 5.32 Å². The van der Waals surface area contributed by atoms with Crippen molar-refractivity contribution in [1.29, 1.82) is 0 Å². The van der Waals surface area contributed by atoms with E-state index in [4.69, 9.17) is 4.74 Å². The van der Waals surface area contributed by atoms with Crippen molar-refractivity contribution in [3.63, 3.8) is 0 Å². The van der Waals surface area contributed by atoms with E-state index in [0.29, 0.717) is 18.7 Å². The molecule has 1 heterocycles. The highest BCUT2D eigenvalue weighted by atomic mass is 32.2. The molecule has 1 unspecified atom stereocenters. The summed E-state index contributed by atoms with van der Waals surface area (Å²) < 4.78 is 64.9. The normalized spacial score (nSPS) is 21.4. The van der Waals surface area contributed by atoms with Crippen LogP contribution in [-0.4, -0.2) is 39.1 Å². The zero-order chi connectivity index (χ0) is 15.5. The monoisotopic (exact) mass is 323 g/mol. The number of hydrogen-bond acceptors (Lipinski definition) is 4. The van der Waals surface area contributed by atoms with Crippen molar-refractivity contribution in [2.24, 2.45) is 0 Å². The van der Waals surface area contributed by atoms with E-state index in [1.165, 1.54) is 12.1 Å². The van der Waals surface area contributed by atoms with Gasteiger partial charge >= 0.3 is 6.18 Å². The molecule has 118 valence electrons. The smallest absolute Gasteiger partial charge is 0.416 e. The maximum Gasteiger partial charge on any atom is 0.416 e. The Hall–Kier alpha value is -1.28. The molecule has 21 heavy (non-hydrogen) atoms. The molecule has 0 aliphatic carbocycles. The van der Waals surface area contributed by atoms with E-state index in [1.54, 1.807) is 0 Å². The molecule has 1 aromatic carbocycles. The lowest BCUT2D eigenvalue weighted by atomic mass is 10.2. The molecule has 0 amide bonds. The summed E-state index contributed by atoms with van der Waals surface area (Å²) in [6.45, 7) is 0.711. The Kier molecular flexibility index (Phi) is 4.77. The van der Waals surface area contributed by atoms with Crippen LogP contribution in [0.5, 0.6) is 5.75 Å². The Morgan fingerprint density at radius 2 is 1.90 bits per heavy atom. The van der Waals surface area contributed by atoms with Gasteiger partial charge in [0.05, 0.1) is 17.1 Å². The standard InChI is InChI=1S/C13H16F3NO3S/c14-13(15,16)10-1-3-12(4-2-10)20-7-6-17-11-5-8-21(18,19)9-11/h1-4,11,17H,5-9H2. The maximum absolute atomic E-state index is 12.4. The lowest BCUT2D eigenvalue weighted by molar-refractivity contribution is -0.137. The van der Waals surface area contributed by atoms with Crippen LogP contribution < -0.4 is 10.1 Å². The second-order valence-electron chi connectivity index (χ2n) is 4.92. The number of ether oxygens (including phenoxy) is 1. The highest BCUT2D eigenvalue weighted by Gasteiger charge is 2.30. The van der Waals surface area contributed by atoms with Crippen molar-refractivity contribution < 1.29 is 26.3 Å². The van der Waals surface area contributed by atoms with Gasteiger partial charge in [-0.25, -0.2) is 8.42 Å². The largest absolute Gasteiger partial charge is 0.492 e. The Balaban J connectivity index is 1.72. The van der Waals surface area contributed by atoms with Crippen LogP contribution in [0, 0.1) is 0 Å². The molecule has 1 aliphatic heterocycles. The van der Waals surface area contributed by atoms with E-state index >= 15 is 0 Å². The zero-order valence-electron chi connectivity index (χ0n) is 11.2. The van der Waals surface area contributed by atoms with E-state index in [0.717, 1.165) is 12.1 Å². The van der Waals surface area contributed by atoms with Crippen molar-refractivity contribution >= 4 is 9.84 Å². The Morgan fingerprint density at radius 3 is 2.43 bits per heavy atom. The van der Waals surface area contributed by atoms with Gasteiger partial charge in [0, 0.05) is 12.6 Å². The van der Waals surface area contributed by atoms with Gasteiger partial charge in [0.15, 0.2) is 9.84 Å². The minimum atomic E-state index is -4.35. The molecule has 1 aromatic rings. The van der Waals surface area contributed by atoms with Gasteiger partial charge < -0.3 is 10.1 Å². The first kappa shape index (κ1) is 16.1. The van der Waals surface area contributed by atoms with Gasteiger partial charge in [-0.05, 0) is 30.7 Å². The van der Waals surface area contributed by atoms with Crippen molar-refractivity contribution in [1.82, 2.24) is 5.32 Å². The third-order valence-corrected chi connectivity index (χ3v) is 4.99. The second kappa shape index (κ2) is 6.23. The molecule has 1 N–H and O–H groups in total. The molecule has 8 heteroatoms. The van der Waals surface area contributed by atoms with Crippen molar-refractivity contribution in [2.45, 2.75) is 18.6 Å². The van der Waals surface area contributed by atoms with Crippen LogP contribution in [-0.2, 0) is 16.0 Å². The third-order valence-electron chi connectivity index (χ3n) is 3.22. The summed E-state index contributed by atoms with van der Waals surface area (Å²) in [5.41, 5.74) is -0.718. The van der Waals surface area contributed by atoms with Crippen LogP contribution in [0.1, 0.15) is 12.0 Å². The summed E-state index contributed by atoms with van der Waals surface area (Å²) in [7, 11) is -2.91. The number of hydrogen-bond donors (Lipinski definition) is 1.